The molecular formula is C17H25N3O5S. The fourth-order valence-electron chi connectivity index (χ4n) is 3.52. The Labute approximate surface area is 154 Å². The van der Waals surface area contributed by atoms with Crippen LogP contribution in [0.15, 0.2) is 24.3 Å². The highest BCUT2D eigenvalue weighted by Gasteiger charge is 2.34. The molecule has 1 aromatic rings. The smallest absolute Gasteiger partial charge is 0.282 e. The van der Waals surface area contributed by atoms with E-state index in [1.807, 2.05) is 24.3 Å². The Balaban J connectivity index is 1.29. The average Bonchev–Trinajstić information content (AvgIpc) is 2.69. The summed E-state index contributed by atoms with van der Waals surface area (Å²) < 4.78 is 45.5. The average molecular weight is 383 g/mol. The molecule has 26 heavy (non-hydrogen) atoms. The minimum atomic E-state index is -3.38. The molecule has 2 fully saturated rings. The van der Waals surface area contributed by atoms with E-state index in [4.69, 9.17) is 14.2 Å². The van der Waals surface area contributed by atoms with Gasteiger partial charge in [-0.25, -0.2) is 0 Å². The van der Waals surface area contributed by atoms with Crippen LogP contribution in [0.3, 0.4) is 0 Å². The van der Waals surface area contributed by atoms with Crippen LogP contribution < -0.4 is 9.47 Å². The van der Waals surface area contributed by atoms with Gasteiger partial charge in [0.15, 0.2) is 11.5 Å². The second kappa shape index (κ2) is 7.69. The van der Waals surface area contributed by atoms with E-state index in [1.54, 1.807) is 4.31 Å². The van der Waals surface area contributed by atoms with Crippen molar-refractivity contribution in [1.82, 2.24) is 13.5 Å². The number of morpholine rings is 1. The van der Waals surface area contributed by atoms with Crippen LogP contribution in [0.4, 0.5) is 0 Å². The number of fused-ring (bicyclic) bond motifs is 1. The molecule has 0 spiro atoms. The lowest BCUT2D eigenvalue weighted by atomic mass is 10.2. The van der Waals surface area contributed by atoms with Crippen LogP contribution in [0.1, 0.15) is 0 Å². The van der Waals surface area contributed by atoms with Gasteiger partial charge in [0.2, 0.25) is 0 Å². The second-order valence-electron chi connectivity index (χ2n) is 6.72. The Kier molecular flexibility index (Phi) is 5.32. The van der Waals surface area contributed by atoms with Gasteiger partial charge < -0.3 is 14.2 Å². The van der Waals surface area contributed by atoms with Crippen LogP contribution in [-0.2, 0) is 14.9 Å². The molecular weight excluding hydrogens is 358 g/mol. The summed E-state index contributed by atoms with van der Waals surface area (Å²) in [5, 5.41) is 0. The number of hydrogen-bond donors (Lipinski definition) is 0. The molecule has 0 N–H and O–H groups in total. The van der Waals surface area contributed by atoms with Crippen molar-refractivity contribution in [3.05, 3.63) is 24.3 Å². The third-order valence-electron chi connectivity index (χ3n) is 4.98. The molecule has 0 bridgehead atoms. The fraction of sp³-hybridized carbons (Fsp3) is 0.647. The Morgan fingerprint density at radius 3 is 2.31 bits per heavy atom. The number of hydrogen-bond acceptors (Lipinski definition) is 6. The van der Waals surface area contributed by atoms with Crippen LogP contribution in [0.25, 0.3) is 0 Å². The molecule has 0 amide bonds. The van der Waals surface area contributed by atoms with E-state index in [0.29, 0.717) is 59.1 Å². The van der Waals surface area contributed by atoms with Crippen LogP contribution in [-0.4, -0.2) is 93.7 Å². The maximum atomic E-state index is 12.7. The van der Waals surface area contributed by atoms with Crippen molar-refractivity contribution in [3.63, 3.8) is 0 Å². The molecule has 144 valence electrons. The van der Waals surface area contributed by atoms with Gasteiger partial charge in [0.25, 0.3) is 10.2 Å². The van der Waals surface area contributed by atoms with Gasteiger partial charge in [0, 0.05) is 45.8 Å². The summed E-state index contributed by atoms with van der Waals surface area (Å²) in [7, 11) is -3.38. The first kappa shape index (κ1) is 18.0. The molecule has 9 heteroatoms. The number of piperazine rings is 1. The molecule has 4 rings (SSSR count). The van der Waals surface area contributed by atoms with E-state index in [2.05, 4.69) is 4.90 Å². The molecule has 0 saturated carbocycles. The Morgan fingerprint density at radius 1 is 0.923 bits per heavy atom. The highest BCUT2D eigenvalue weighted by Crippen LogP contribution is 2.31. The molecule has 0 aromatic heterocycles. The van der Waals surface area contributed by atoms with Gasteiger partial charge in [-0.2, -0.15) is 17.0 Å². The van der Waals surface area contributed by atoms with Crippen LogP contribution >= 0.6 is 0 Å². The van der Waals surface area contributed by atoms with Gasteiger partial charge in [-0.15, -0.1) is 0 Å². The third kappa shape index (κ3) is 3.81. The highest BCUT2D eigenvalue weighted by atomic mass is 32.2. The van der Waals surface area contributed by atoms with Crippen LogP contribution in [0, 0.1) is 0 Å². The van der Waals surface area contributed by atoms with Gasteiger partial charge >= 0.3 is 0 Å². The molecule has 0 unspecified atom stereocenters. The minimum absolute atomic E-state index is 0.0349. The predicted octanol–water partition coefficient (Wildman–Crippen LogP) is 0.0210. The molecule has 0 radical (unpaired) electrons. The van der Waals surface area contributed by atoms with Crippen molar-refractivity contribution in [1.29, 1.82) is 0 Å². The Bertz CT molecular complexity index is 715. The number of para-hydroxylation sites is 2. The van der Waals surface area contributed by atoms with Crippen molar-refractivity contribution in [2.24, 2.45) is 0 Å². The summed E-state index contributed by atoms with van der Waals surface area (Å²) in [6.45, 7) is 5.48. The third-order valence-corrected chi connectivity index (χ3v) is 7.02. The fourth-order valence-corrected chi connectivity index (χ4v) is 5.09. The second-order valence-corrected chi connectivity index (χ2v) is 8.64. The van der Waals surface area contributed by atoms with E-state index in [0.717, 1.165) is 18.0 Å². The monoisotopic (exact) mass is 383 g/mol. The van der Waals surface area contributed by atoms with Crippen LogP contribution in [0.2, 0.25) is 0 Å². The lowest BCUT2D eigenvalue weighted by molar-refractivity contribution is 0.0466. The predicted molar refractivity (Wildman–Crippen MR) is 95.7 cm³/mol. The van der Waals surface area contributed by atoms with E-state index in [-0.39, 0.29) is 6.10 Å². The lowest BCUT2D eigenvalue weighted by Gasteiger charge is -2.39. The van der Waals surface area contributed by atoms with E-state index >= 15 is 0 Å². The molecule has 3 heterocycles. The SMILES string of the molecule is O=S(=O)(N1CCOCC1)N1CCN(C[C@H]2COc3ccccc3O2)CC1. The summed E-state index contributed by atoms with van der Waals surface area (Å²) in [4.78, 5) is 2.24. The van der Waals surface area contributed by atoms with E-state index in [9.17, 15) is 8.42 Å². The zero-order valence-electron chi connectivity index (χ0n) is 14.7. The summed E-state index contributed by atoms with van der Waals surface area (Å²) in [6, 6.07) is 7.67. The van der Waals surface area contributed by atoms with Gasteiger partial charge in [0.1, 0.15) is 12.7 Å². The molecule has 1 aromatic carbocycles. The van der Waals surface area contributed by atoms with Gasteiger partial charge in [-0.05, 0) is 12.1 Å². The van der Waals surface area contributed by atoms with Crippen molar-refractivity contribution >= 4 is 10.2 Å². The van der Waals surface area contributed by atoms with Crippen LogP contribution in [0.5, 0.6) is 11.5 Å². The number of benzene rings is 1. The maximum Gasteiger partial charge on any atom is 0.282 e. The normalized spacial score (nSPS) is 25.9. The Morgan fingerprint density at radius 2 is 1.58 bits per heavy atom. The summed E-state index contributed by atoms with van der Waals surface area (Å²) in [6.07, 6.45) is -0.0349. The van der Waals surface area contributed by atoms with Crippen molar-refractivity contribution in [2.45, 2.75) is 6.10 Å². The van der Waals surface area contributed by atoms with E-state index in [1.165, 1.54) is 4.31 Å². The number of nitrogens with zero attached hydrogens (tertiary/aromatic N) is 3. The largest absolute Gasteiger partial charge is 0.486 e. The standard InChI is InChI=1S/C17H25N3O5S/c21-26(22,20-9-11-23-12-10-20)19-7-5-18(6-8-19)13-15-14-24-16-3-1-2-4-17(16)25-15/h1-4,15H,5-14H2/t15-/m0/s1. The number of ether oxygens (including phenoxy) is 3. The number of rotatable bonds is 4. The first-order valence-electron chi connectivity index (χ1n) is 9.07. The molecule has 3 aliphatic rings. The summed E-state index contributed by atoms with van der Waals surface area (Å²) in [5.74, 6) is 1.56. The quantitative estimate of drug-likeness (QED) is 0.730. The van der Waals surface area contributed by atoms with E-state index < -0.39 is 10.2 Å². The summed E-state index contributed by atoms with van der Waals surface area (Å²) in [5.41, 5.74) is 0. The molecule has 3 aliphatic heterocycles. The van der Waals surface area contributed by atoms with Gasteiger partial charge in [-0.3, -0.25) is 4.90 Å². The zero-order chi connectivity index (χ0) is 18.0. The molecule has 8 nitrogen and oxygen atoms in total. The van der Waals surface area contributed by atoms with Gasteiger partial charge in [0.05, 0.1) is 13.2 Å². The Hall–Kier alpha value is -1.39. The first-order chi connectivity index (χ1) is 12.6. The maximum absolute atomic E-state index is 12.7. The topological polar surface area (TPSA) is 71.6 Å². The lowest BCUT2D eigenvalue weighted by Crippen LogP contribution is -2.56. The zero-order valence-corrected chi connectivity index (χ0v) is 15.6. The molecule has 0 aliphatic carbocycles. The molecule has 1 atom stereocenters. The minimum Gasteiger partial charge on any atom is -0.486 e. The van der Waals surface area contributed by atoms with Crippen molar-refractivity contribution < 1.29 is 22.6 Å². The van der Waals surface area contributed by atoms with Crippen molar-refractivity contribution in [2.75, 3.05) is 65.6 Å². The van der Waals surface area contributed by atoms with Crippen molar-refractivity contribution in [3.8, 4) is 11.5 Å². The highest BCUT2D eigenvalue weighted by molar-refractivity contribution is 7.86. The summed E-state index contributed by atoms with van der Waals surface area (Å²) >= 11 is 0. The molecule has 2 saturated heterocycles. The first-order valence-corrected chi connectivity index (χ1v) is 10.5. The van der Waals surface area contributed by atoms with Gasteiger partial charge in [-0.1, -0.05) is 12.1 Å².